The molecule has 2 heteroatoms. The summed E-state index contributed by atoms with van der Waals surface area (Å²) in [5, 5.41) is 0. The SMILES string of the molecule is CC[C@@H](C)[C@H]1CCC2[C@@H]3C(=O)C[C@@H]4CC(=O)CC[C@]4(C)C3CC[C@@]21C. The third kappa shape index (κ3) is 2.42. The minimum absolute atomic E-state index is 0.238. The zero-order valence-corrected chi connectivity index (χ0v) is 16.6. The molecule has 8 atom stereocenters. The molecule has 0 N–H and O–H groups in total. The second-order valence-electron chi connectivity index (χ2n) is 10.5. The van der Waals surface area contributed by atoms with Crippen LogP contribution in [-0.2, 0) is 9.59 Å². The lowest BCUT2D eigenvalue weighted by molar-refractivity contribution is -0.159. The van der Waals surface area contributed by atoms with E-state index in [4.69, 9.17) is 0 Å². The van der Waals surface area contributed by atoms with Crippen molar-refractivity contribution in [2.45, 2.75) is 85.5 Å². The standard InChI is InChI=1S/C23H36O2/c1-5-14(2)17-6-7-18-21-19(9-11-23(17,18)4)22(3)10-8-16(24)12-15(22)13-20(21)25/h14-15,17-19,21H,5-13H2,1-4H3/t14-,15+,17-,18?,19?,21+,22+,23-/m1/s1. The summed E-state index contributed by atoms with van der Waals surface area (Å²) in [5.41, 5.74) is 0.613. The molecule has 4 aliphatic carbocycles. The molecule has 2 nitrogen and oxygen atoms in total. The number of fused-ring (bicyclic) bond motifs is 5. The number of rotatable bonds is 2. The van der Waals surface area contributed by atoms with Crippen LogP contribution >= 0.6 is 0 Å². The van der Waals surface area contributed by atoms with E-state index < -0.39 is 0 Å². The molecule has 4 aliphatic rings. The van der Waals surface area contributed by atoms with Gasteiger partial charge in [0.1, 0.15) is 11.6 Å². The largest absolute Gasteiger partial charge is 0.300 e. The maximum absolute atomic E-state index is 13.3. The second kappa shape index (κ2) is 5.92. The van der Waals surface area contributed by atoms with Gasteiger partial charge < -0.3 is 0 Å². The van der Waals surface area contributed by atoms with Crippen molar-refractivity contribution < 1.29 is 9.59 Å². The molecule has 0 heterocycles. The summed E-state index contributed by atoms with van der Waals surface area (Å²) in [6.45, 7) is 9.70. The Hall–Kier alpha value is -0.660. The molecule has 0 aromatic heterocycles. The van der Waals surface area contributed by atoms with Gasteiger partial charge in [0, 0.05) is 25.2 Å². The first-order valence-electron chi connectivity index (χ1n) is 10.9. The molecule has 4 fully saturated rings. The minimum Gasteiger partial charge on any atom is -0.300 e. The summed E-state index contributed by atoms with van der Waals surface area (Å²) < 4.78 is 0. The Morgan fingerprint density at radius 1 is 1.00 bits per heavy atom. The fourth-order valence-corrected chi connectivity index (χ4v) is 7.98. The maximum Gasteiger partial charge on any atom is 0.136 e. The molecule has 140 valence electrons. The third-order valence-corrected chi connectivity index (χ3v) is 9.69. The Morgan fingerprint density at radius 3 is 2.44 bits per heavy atom. The number of carbonyl (C=O) groups is 2. The Labute approximate surface area is 153 Å². The Balaban J connectivity index is 1.66. The van der Waals surface area contributed by atoms with E-state index in [1.165, 1.54) is 32.1 Å². The highest BCUT2D eigenvalue weighted by atomic mass is 16.1. The molecule has 0 amide bonds. The van der Waals surface area contributed by atoms with Crippen molar-refractivity contribution >= 4 is 11.6 Å². The first kappa shape index (κ1) is 17.7. The number of hydrogen-bond acceptors (Lipinski definition) is 2. The van der Waals surface area contributed by atoms with E-state index in [0.29, 0.717) is 53.5 Å². The number of carbonyl (C=O) groups excluding carboxylic acids is 2. The van der Waals surface area contributed by atoms with E-state index in [-0.39, 0.29) is 5.41 Å². The molecule has 0 bridgehead atoms. The molecule has 0 aromatic carbocycles. The highest BCUT2D eigenvalue weighted by Gasteiger charge is 2.62. The highest BCUT2D eigenvalue weighted by Crippen LogP contribution is 2.67. The van der Waals surface area contributed by atoms with Crippen molar-refractivity contribution in [1.29, 1.82) is 0 Å². The summed E-state index contributed by atoms with van der Waals surface area (Å²) in [7, 11) is 0. The van der Waals surface area contributed by atoms with E-state index >= 15 is 0 Å². The van der Waals surface area contributed by atoms with Crippen LogP contribution in [0.5, 0.6) is 0 Å². The smallest absolute Gasteiger partial charge is 0.136 e. The molecule has 2 unspecified atom stereocenters. The monoisotopic (exact) mass is 344 g/mol. The van der Waals surface area contributed by atoms with Crippen LogP contribution in [0.25, 0.3) is 0 Å². The van der Waals surface area contributed by atoms with Crippen molar-refractivity contribution in [3.8, 4) is 0 Å². The molecule has 0 saturated heterocycles. The summed E-state index contributed by atoms with van der Waals surface area (Å²) in [6.07, 6.45) is 9.51. The van der Waals surface area contributed by atoms with Crippen molar-refractivity contribution in [2.75, 3.05) is 0 Å². The van der Waals surface area contributed by atoms with Crippen molar-refractivity contribution in [1.82, 2.24) is 0 Å². The predicted molar refractivity (Wildman–Crippen MR) is 100 cm³/mol. The van der Waals surface area contributed by atoms with Gasteiger partial charge in [0.25, 0.3) is 0 Å². The predicted octanol–water partition coefficient (Wildman–Crippen LogP) is 5.44. The minimum atomic E-state index is 0.238. The van der Waals surface area contributed by atoms with Gasteiger partial charge in [-0.25, -0.2) is 0 Å². The third-order valence-electron chi connectivity index (χ3n) is 9.69. The van der Waals surface area contributed by atoms with Gasteiger partial charge in [-0.05, 0) is 72.5 Å². The first-order chi connectivity index (χ1) is 11.8. The Bertz CT molecular complexity index is 581. The fourth-order valence-electron chi connectivity index (χ4n) is 7.98. The van der Waals surface area contributed by atoms with Crippen LogP contribution < -0.4 is 0 Å². The van der Waals surface area contributed by atoms with Gasteiger partial charge in [0.2, 0.25) is 0 Å². The van der Waals surface area contributed by atoms with E-state index in [1.54, 1.807) is 0 Å². The molecular weight excluding hydrogens is 308 g/mol. The van der Waals surface area contributed by atoms with Crippen LogP contribution in [0.3, 0.4) is 0 Å². The highest BCUT2D eigenvalue weighted by molar-refractivity contribution is 5.86. The van der Waals surface area contributed by atoms with E-state index in [9.17, 15) is 9.59 Å². The van der Waals surface area contributed by atoms with Gasteiger partial charge in [-0.1, -0.05) is 34.1 Å². The molecule has 0 aromatic rings. The van der Waals surface area contributed by atoms with E-state index in [2.05, 4.69) is 27.7 Å². The zero-order valence-electron chi connectivity index (χ0n) is 16.6. The summed E-state index contributed by atoms with van der Waals surface area (Å²) >= 11 is 0. The number of Topliss-reactive ketones (excluding diaryl/α,β-unsaturated/α-hetero) is 2. The quantitative estimate of drug-likeness (QED) is 0.668. The van der Waals surface area contributed by atoms with Crippen LogP contribution in [0.15, 0.2) is 0 Å². The average molecular weight is 345 g/mol. The molecule has 4 saturated carbocycles. The molecule has 0 aliphatic heterocycles. The lowest BCUT2D eigenvalue weighted by atomic mass is 9.44. The number of ketones is 2. The summed E-state index contributed by atoms with van der Waals surface area (Å²) in [5.74, 6) is 4.26. The maximum atomic E-state index is 13.3. The van der Waals surface area contributed by atoms with Crippen LogP contribution in [0.1, 0.15) is 85.5 Å². The lowest BCUT2D eigenvalue weighted by Crippen LogP contribution is -2.57. The van der Waals surface area contributed by atoms with Gasteiger partial charge in [-0.3, -0.25) is 9.59 Å². The summed E-state index contributed by atoms with van der Waals surface area (Å²) in [6, 6.07) is 0. The second-order valence-corrected chi connectivity index (χ2v) is 10.5. The molecule has 0 spiro atoms. The van der Waals surface area contributed by atoms with Crippen LogP contribution in [0, 0.1) is 46.3 Å². The topological polar surface area (TPSA) is 34.1 Å². The lowest BCUT2D eigenvalue weighted by Gasteiger charge is -2.59. The normalized spacial score (nSPS) is 50.8. The van der Waals surface area contributed by atoms with Crippen molar-refractivity contribution in [3.05, 3.63) is 0 Å². The van der Waals surface area contributed by atoms with Crippen molar-refractivity contribution in [2.24, 2.45) is 46.3 Å². The van der Waals surface area contributed by atoms with Gasteiger partial charge in [-0.15, -0.1) is 0 Å². The Morgan fingerprint density at radius 2 is 1.72 bits per heavy atom. The zero-order chi connectivity index (χ0) is 18.0. The van der Waals surface area contributed by atoms with E-state index in [0.717, 1.165) is 24.7 Å². The number of hydrogen-bond donors (Lipinski definition) is 0. The summed E-state index contributed by atoms with van der Waals surface area (Å²) in [4.78, 5) is 25.3. The van der Waals surface area contributed by atoms with Gasteiger partial charge >= 0.3 is 0 Å². The van der Waals surface area contributed by atoms with Gasteiger partial charge in [0.05, 0.1) is 0 Å². The van der Waals surface area contributed by atoms with E-state index in [1.807, 2.05) is 0 Å². The van der Waals surface area contributed by atoms with Crippen LogP contribution in [-0.4, -0.2) is 11.6 Å². The van der Waals surface area contributed by atoms with Gasteiger partial charge in [0.15, 0.2) is 0 Å². The molecule has 0 radical (unpaired) electrons. The molecule has 25 heavy (non-hydrogen) atoms. The Kier molecular flexibility index (Phi) is 4.20. The fraction of sp³-hybridized carbons (Fsp3) is 0.913. The van der Waals surface area contributed by atoms with Crippen molar-refractivity contribution in [3.63, 3.8) is 0 Å². The molecular formula is C23H36O2. The first-order valence-corrected chi connectivity index (χ1v) is 10.9. The average Bonchev–Trinajstić information content (AvgIpc) is 2.93. The molecule has 4 rings (SSSR count). The van der Waals surface area contributed by atoms with Crippen LogP contribution in [0.4, 0.5) is 0 Å². The van der Waals surface area contributed by atoms with Crippen LogP contribution in [0.2, 0.25) is 0 Å². The van der Waals surface area contributed by atoms with Gasteiger partial charge in [-0.2, -0.15) is 0 Å².